The van der Waals surface area contributed by atoms with E-state index < -0.39 is 12.0 Å². The Morgan fingerprint density at radius 1 is 1.29 bits per heavy atom. The molecular formula is C15H17Cl2NO3. The van der Waals surface area contributed by atoms with E-state index in [4.69, 9.17) is 27.9 Å². The van der Waals surface area contributed by atoms with Gasteiger partial charge in [0.15, 0.2) is 6.10 Å². The summed E-state index contributed by atoms with van der Waals surface area (Å²) in [4.78, 5) is 23.9. The fourth-order valence-corrected chi connectivity index (χ4v) is 2.65. The fraction of sp³-hybridized carbons (Fsp3) is 0.467. The van der Waals surface area contributed by atoms with Gasteiger partial charge in [0.25, 0.3) is 5.91 Å². The van der Waals surface area contributed by atoms with Gasteiger partial charge in [0.2, 0.25) is 0 Å². The summed E-state index contributed by atoms with van der Waals surface area (Å²) in [6, 6.07) is 4.77. The zero-order valence-corrected chi connectivity index (χ0v) is 13.2. The molecule has 1 aromatic carbocycles. The molecule has 1 amide bonds. The highest BCUT2D eigenvalue weighted by molar-refractivity contribution is 6.35. The second-order valence-corrected chi connectivity index (χ2v) is 6.02. The molecule has 0 radical (unpaired) electrons. The molecule has 0 aromatic heterocycles. The van der Waals surface area contributed by atoms with Gasteiger partial charge in [-0.3, -0.25) is 9.59 Å². The SMILES string of the molecule is C[C@H](OC(=O)C1CCCC1)C(=O)Nc1cc(Cl)ccc1Cl. The van der Waals surface area contributed by atoms with Crippen LogP contribution in [0.1, 0.15) is 32.6 Å². The maximum absolute atomic E-state index is 12.0. The van der Waals surface area contributed by atoms with Crippen LogP contribution in [0.3, 0.4) is 0 Å². The Morgan fingerprint density at radius 2 is 1.95 bits per heavy atom. The van der Waals surface area contributed by atoms with Gasteiger partial charge in [-0.1, -0.05) is 36.0 Å². The van der Waals surface area contributed by atoms with Crippen molar-refractivity contribution in [2.45, 2.75) is 38.7 Å². The van der Waals surface area contributed by atoms with Crippen LogP contribution in [0.5, 0.6) is 0 Å². The van der Waals surface area contributed by atoms with Crippen molar-refractivity contribution in [2.24, 2.45) is 5.92 Å². The average molecular weight is 330 g/mol. The molecule has 0 spiro atoms. The maximum Gasteiger partial charge on any atom is 0.309 e. The first kappa shape index (κ1) is 16.1. The molecule has 114 valence electrons. The van der Waals surface area contributed by atoms with Crippen molar-refractivity contribution in [3.63, 3.8) is 0 Å². The highest BCUT2D eigenvalue weighted by Crippen LogP contribution is 2.27. The molecule has 0 bridgehead atoms. The normalized spacial score (nSPS) is 16.5. The van der Waals surface area contributed by atoms with E-state index in [2.05, 4.69) is 5.32 Å². The lowest BCUT2D eigenvalue weighted by atomic mass is 10.1. The first-order valence-corrected chi connectivity index (χ1v) is 7.69. The van der Waals surface area contributed by atoms with Crippen molar-refractivity contribution in [3.05, 3.63) is 28.2 Å². The zero-order chi connectivity index (χ0) is 15.4. The molecule has 2 rings (SSSR count). The van der Waals surface area contributed by atoms with E-state index in [9.17, 15) is 9.59 Å². The number of ether oxygens (including phenoxy) is 1. The molecule has 1 fully saturated rings. The van der Waals surface area contributed by atoms with Crippen LogP contribution in [0, 0.1) is 5.92 Å². The van der Waals surface area contributed by atoms with Crippen molar-refractivity contribution < 1.29 is 14.3 Å². The second-order valence-electron chi connectivity index (χ2n) is 5.17. The number of benzene rings is 1. The van der Waals surface area contributed by atoms with E-state index in [1.165, 1.54) is 0 Å². The van der Waals surface area contributed by atoms with Gasteiger partial charge >= 0.3 is 5.97 Å². The number of nitrogens with one attached hydrogen (secondary N) is 1. The van der Waals surface area contributed by atoms with Crippen LogP contribution in [-0.2, 0) is 14.3 Å². The number of halogens is 2. The zero-order valence-electron chi connectivity index (χ0n) is 11.7. The minimum absolute atomic E-state index is 0.0741. The minimum Gasteiger partial charge on any atom is -0.452 e. The number of anilines is 1. The van der Waals surface area contributed by atoms with E-state index >= 15 is 0 Å². The summed E-state index contributed by atoms with van der Waals surface area (Å²) in [5.74, 6) is -0.798. The number of rotatable bonds is 4. The fourth-order valence-electron chi connectivity index (χ4n) is 2.31. The molecule has 0 heterocycles. The molecule has 1 aromatic rings. The van der Waals surface area contributed by atoms with Gasteiger partial charge in [0, 0.05) is 5.02 Å². The Labute approximate surface area is 133 Å². The van der Waals surface area contributed by atoms with E-state index in [0.717, 1.165) is 25.7 Å². The monoisotopic (exact) mass is 329 g/mol. The molecule has 0 saturated heterocycles. The molecule has 1 aliphatic carbocycles. The van der Waals surface area contributed by atoms with Crippen LogP contribution in [0.15, 0.2) is 18.2 Å². The highest BCUT2D eigenvalue weighted by atomic mass is 35.5. The summed E-state index contributed by atoms with van der Waals surface area (Å²) in [5.41, 5.74) is 0.401. The van der Waals surface area contributed by atoms with E-state index in [1.807, 2.05) is 0 Å². The smallest absolute Gasteiger partial charge is 0.309 e. The molecular weight excluding hydrogens is 313 g/mol. The molecule has 1 N–H and O–H groups in total. The van der Waals surface area contributed by atoms with Gasteiger partial charge in [-0.05, 0) is 38.0 Å². The third-order valence-electron chi connectivity index (χ3n) is 3.54. The molecule has 6 heteroatoms. The number of carbonyl (C=O) groups is 2. The van der Waals surface area contributed by atoms with Gasteiger partial charge in [-0.2, -0.15) is 0 Å². The lowest BCUT2D eigenvalue weighted by molar-refractivity contribution is -0.157. The van der Waals surface area contributed by atoms with E-state index in [-0.39, 0.29) is 11.9 Å². The molecule has 1 saturated carbocycles. The van der Waals surface area contributed by atoms with Crippen LogP contribution in [-0.4, -0.2) is 18.0 Å². The Hall–Kier alpha value is -1.26. The second kappa shape index (κ2) is 7.14. The van der Waals surface area contributed by atoms with Gasteiger partial charge in [-0.25, -0.2) is 0 Å². The number of esters is 1. The van der Waals surface area contributed by atoms with Crippen LogP contribution in [0.25, 0.3) is 0 Å². The van der Waals surface area contributed by atoms with Crippen LogP contribution >= 0.6 is 23.2 Å². The standard InChI is InChI=1S/C15H17Cl2NO3/c1-9(21-15(20)10-4-2-3-5-10)14(19)18-13-8-11(16)6-7-12(13)17/h6-10H,2-5H2,1H3,(H,18,19)/t9-/m0/s1. The van der Waals surface area contributed by atoms with Crippen LogP contribution in [0.2, 0.25) is 10.0 Å². The lowest BCUT2D eigenvalue weighted by Crippen LogP contribution is -2.31. The van der Waals surface area contributed by atoms with Crippen molar-refractivity contribution >= 4 is 40.8 Å². The third kappa shape index (κ3) is 4.35. The quantitative estimate of drug-likeness (QED) is 0.847. The summed E-state index contributed by atoms with van der Waals surface area (Å²) in [6.07, 6.45) is 2.89. The van der Waals surface area contributed by atoms with E-state index in [1.54, 1.807) is 25.1 Å². The largest absolute Gasteiger partial charge is 0.452 e. The van der Waals surface area contributed by atoms with Crippen molar-refractivity contribution in [1.82, 2.24) is 0 Å². The molecule has 0 aliphatic heterocycles. The van der Waals surface area contributed by atoms with E-state index in [0.29, 0.717) is 15.7 Å². The van der Waals surface area contributed by atoms with Crippen molar-refractivity contribution in [2.75, 3.05) is 5.32 Å². The van der Waals surface area contributed by atoms with Gasteiger partial charge in [0.05, 0.1) is 16.6 Å². The van der Waals surface area contributed by atoms with Crippen molar-refractivity contribution in [1.29, 1.82) is 0 Å². The Bertz CT molecular complexity index is 542. The minimum atomic E-state index is -0.867. The molecule has 1 atom stereocenters. The molecule has 0 unspecified atom stereocenters. The highest BCUT2D eigenvalue weighted by Gasteiger charge is 2.27. The summed E-state index contributed by atoms with van der Waals surface area (Å²) < 4.78 is 5.21. The first-order chi connectivity index (χ1) is 9.97. The summed E-state index contributed by atoms with van der Waals surface area (Å²) >= 11 is 11.8. The van der Waals surface area contributed by atoms with Crippen molar-refractivity contribution in [3.8, 4) is 0 Å². The Kier molecular flexibility index (Phi) is 5.48. The molecule has 4 nitrogen and oxygen atoms in total. The number of carbonyl (C=O) groups excluding carboxylic acids is 2. The summed E-state index contributed by atoms with van der Waals surface area (Å²) in [5, 5.41) is 3.45. The first-order valence-electron chi connectivity index (χ1n) is 6.94. The van der Waals surface area contributed by atoms with Crippen LogP contribution < -0.4 is 5.32 Å². The predicted octanol–water partition coefficient (Wildman–Crippen LogP) is 4.05. The molecule has 1 aliphatic rings. The Balaban J connectivity index is 1.93. The summed E-state index contributed by atoms with van der Waals surface area (Å²) in [6.45, 7) is 1.54. The van der Waals surface area contributed by atoms with Crippen LogP contribution in [0.4, 0.5) is 5.69 Å². The number of amides is 1. The maximum atomic E-state index is 12.0. The topological polar surface area (TPSA) is 55.4 Å². The molecule has 21 heavy (non-hydrogen) atoms. The predicted molar refractivity (Wildman–Crippen MR) is 82.6 cm³/mol. The number of hydrogen-bond acceptors (Lipinski definition) is 3. The number of hydrogen-bond donors (Lipinski definition) is 1. The lowest BCUT2D eigenvalue weighted by Gasteiger charge is -2.16. The van der Waals surface area contributed by atoms with Gasteiger partial charge in [-0.15, -0.1) is 0 Å². The third-order valence-corrected chi connectivity index (χ3v) is 4.10. The Morgan fingerprint density at radius 3 is 2.62 bits per heavy atom. The van der Waals surface area contributed by atoms with Gasteiger partial charge < -0.3 is 10.1 Å². The summed E-state index contributed by atoms with van der Waals surface area (Å²) in [7, 11) is 0. The average Bonchev–Trinajstić information content (AvgIpc) is 2.97. The van der Waals surface area contributed by atoms with Gasteiger partial charge in [0.1, 0.15) is 0 Å².